The van der Waals surface area contributed by atoms with E-state index in [0.717, 1.165) is 40.9 Å². The molecule has 21 heavy (non-hydrogen) atoms. The van der Waals surface area contributed by atoms with Crippen LogP contribution in [-0.2, 0) is 0 Å². The molecule has 1 saturated heterocycles. The molecule has 2 atom stereocenters. The van der Waals surface area contributed by atoms with E-state index in [1.807, 2.05) is 27.7 Å². The highest BCUT2D eigenvalue weighted by Gasteiger charge is 2.27. The molecule has 1 fully saturated rings. The average molecular weight is 290 g/mol. The van der Waals surface area contributed by atoms with Gasteiger partial charge in [0.15, 0.2) is 0 Å². The van der Waals surface area contributed by atoms with Gasteiger partial charge in [-0.05, 0) is 55.9 Å². The van der Waals surface area contributed by atoms with Gasteiger partial charge in [-0.3, -0.25) is 4.79 Å². The molecule has 2 rings (SSSR count). The van der Waals surface area contributed by atoms with Gasteiger partial charge in [0.05, 0.1) is 0 Å². The van der Waals surface area contributed by atoms with Crippen LogP contribution in [0.25, 0.3) is 0 Å². The third-order valence-electron chi connectivity index (χ3n) is 4.83. The standard InChI is InChI=1S/C17H26N2O2/c1-10-5-11(2)13(4)16(12(10)3)17(21)19-8-14-6-18-7-15(14)9-20/h5,14-15,18,20H,6-9H2,1-4H3,(H,19,21)/t14-,15-/m1/s1. The number of aryl methyl sites for hydroxylation is 2. The highest BCUT2D eigenvalue weighted by Crippen LogP contribution is 2.22. The van der Waals surface area contributed by atoms with E-state index in [-0.39, 0.29) is 18.4 Å². The van der Waals surface area contributed by atoms with Crippen LogP contribution >= 0.6 is 0 Å². The van der Waals surface area contributed by atoms with Gasteiger partial charge >= 0.3 is 0 Å². The largest absolute Gasteiger partial charge is 0.396 e. The molecule has 0 saturated carbocycles. The first-order valence-corrected chi connectivity index (χ1v) is 7.62. The zero-order valence-electron chi connectivity index (χ0n) is 13.4. The summed E-state index contributed by atoms with van der Waals surface area (Å²) in [6.07, 6.45) is 0. The number of hydrogen-bond acceptors (Lipinski definition) is 3. The third-order valence-corrected chi connectivity index (χ3v) is 4.83. The quantitative estimate of drug-likeness (QED) is 0.787. The number of rotatable bonds is 4. The van der Waals surface area contributed by atoms with Crippen LogP contribution in [-0.4, -0.2) is 37.3 Å². The zero-order valence-corrected chi connectivity index (χ0v) is 13.4. The summed E-state index contributed by atoms with van der Waals surface area (Å²) in [5, 5.41) is 15.6. The molecular weight excluding hydrogens is 264 g/mol. The molecule has 4 heteroatoms. The molecule has 4 nitrogen and oxygen atoms in total. The lowest BCUT2D eigenvalue weighted by molar-refractivity contribution is 0.0939. The lowest BCUT2D eigenvalue weighted by Gasteiger charge is -2.19. The van der Waals surface area contributed by atoms with Crippen molar-refractivity contribution in [1.82, 2.24) is 10.6 Å². The third kappa shape index (κ3) is 3.27. The van der Waals surface area contributed by atoms with Gasteiger partial charge in [0.2, 0.25) is 0 Å². The fourth-order valence-electron chi connectivity index (χ4n) is 3.11. The molecule has 1 aliphatic rings. The van der Waals surface area contributed by atoms with Crippen molar-refractivity contribution < 1.29 is 9.90 Å². The van der Waals surface area contributed by atoms with Gasteiger partial charge in [0, 0.05) is 37.7 Å². The smallest absolute Gasteiger partial charge is 0.251 e. The van der Waals surface area contributed by atoms with Crippen molar-refractivity contribution in [3.63, 3.8) is 0 Å². The van der Waals surface area contributed by atoms with E-state index >= 15 is 0 Å². The summed E-state index contributed by atoms with van der Waals surface area (Å²) in [5.74, 6) is 0.553. The van der Waals surface area contributed by atoms with E-state index in [2.05, 4.69) is 16.7 Å². The highest BCUT2D eigenvalue weighted by molar-refractivity contribution is 5.97. The van der Waals surface area contributed by atoms with Gasteiger partial charge in [0.1, 0.15) is 0 Å². The number of amides is 1. The maximum absolute atomic E-state index is 12.5. The summed E-state index contributed by atoms with van der Waals surface area (Å²) in [4.78, 5) is 12.5. The van der Waals surface area contributed by atoms with Crippen molar-refractivity contribution in [2.75, 3.05) is 26.2 Å². The van der Waals surface area contributed by atoms with Crippen LogP contribution in [0.4, 0.5) is 0 Å². The Labute approximate surface area is 126 Å². The SMILES string of the molecule is Cc1cc(C)c(C)c(C(=O)NC[C@H]2CNC[C@@H]2CO)c1C. The molecule has 3 N–H and O–H groups in total. The summed E-state index contributed by atoms with van der Waals surface area (Å²) in [7, 11) is 0. The minimum absolute atomic E-state index is 0.000361. The highest BCUT2D eigenvalue weighted by atomic mass is 16.3. The predicted octanol–water partition coefficient (Wildman–Crippen LogP) is 1.48. The second kappa shape index (κ2) is 6.58. The topological polar surface area (TPSA) is 61.4 Å². The van der Waals surface area contributed by atoms with Crippen LogP contribution in [0, 0.1) is 39.5 Å². The fourth-order valence-corrected chi connectivity index (χ4v) is 3.11. The summed E-state index contributed by atoms with van der Waals surface area (Å²) in [6.45, 7) is 10.6. The molecule has 1 aromatic rings. The molecule has 0 aromatic heterocycles. The van der Waals surface area contributed by atoms with Crippen LogP contribution in [0.2, 0.25) is 0 Å². The van der Waals surface area contributed by atoms with Crippen LogP contribution in [0.15, 0.2) is 6.07 Å². The maximum atomic E-state index is 12.5. The summed E-state index contributed by atoms with van der Waals surface area (Å²) in [6, 6.07) is 2.13. The Morgan fingerprint density at radius 3 is 2.33 bits per heavy atom. The Balaban J connectivity index is 2.11. The van der Waals surface area contributed by atoms with Gasteiger partial charge in [-0.2, -0.15) is 0 Å². The number of benzene rings is 1. The Morgan fingerprint density at radius 1 is 1.19 bits per heavy atom. The molecule has 0 bridgehead atoms. The summed E-state index contributed by atoms with van der Waals surface area (Å²) in [5.41, 5.74) is 5.22. The molecule has 1 amide bonds. The van der Waals surface area contributed by atoms with Crippen molar-refractivity contribution in [1.29, 1.82) is 0 Å². The molecule has 0 spiro atoms. The minimum atomic E-state index is 0.000361. The van der Waals surface area contributed by atoms with Crippen molar-refractivity contribution >= 4 is 5.91 Å². The van der Waals surface area contributed by atoms with Gasteiger partial charge < -0.3 is 15.7 Å². The Bertz CT molecular complexity index is 514. The van der Waals surface area contributed by atoms with Crippen molar-refractivity contribution in [3.05, 3.63) is 33.9 Å². The van der Waals surface area contributed by atoms with E-state index < -0.39 is 0 Å². The number of hydrogen-bond donors (Lipinski definition) is 3. The molecule has 1 aliphatic heterocycles. The van der Waals surface area contributed by atoms with Crippen LogP contribution in [0.5, 0.6) is 0 Å². The van der Waals surface area contributed by atoms with Crippen molar-refractivity contribution in [2.24, 2.45) is 11.8 Å². The average Bonchev–Trinajstić information content (AvgIpc) is 2.90. The lowest BCUT2D eigenvalue weighted by Crippen LogP contribution is -2.34. The first kappa shape index (κ1) is 16.0. The first-order valence-electron chi connectivity index (χ1n) is 7.62. The zero-order chi connectivity index (χ0) is 15.6. The minimum Gasteiger partial charge on any atom is -0.396 e. The monoisotopic (exact) mass is 290 g/mol. The Hall–Kier alpha value is -1.39. The van der Waals surface area contributed by atoms with E-state index in [9.17, 15) is 9.90 Å². The second-order valence-corrected chi connectivity index (χ2v) is 6.21. The van der Waals surface area contributed by atoms with E-state index in [1.54, 1.807) is 0 Å². The number of nitrogens with one attached hydrogen (secondary N) is 2. The number of carbonyl (C=O) groups is 1. The summed E-state index contributed by atoms with van der Waals surface area (Å²) < 4.78 is 0. The van der Waals surface area contributed by atoms with E-state index in [0.29, 0.717) is 12.5 Å². The molecule has 0 radical (unpaired) electrons. The Kier molecular flexibility index (Phi) is 5.01. The second-order valence-electron chi connectivity index (χ2n) is 6.21. The van der Waals surface area contributed by atoms with Crippen LogP contribution in [0.1, 0.15) is 32.6 Å². The van der Waals surface area contributed by atoms with Gasteiger partial charge in [0.25, 0.3) is 5.91 Å². The van der Waals surface area contributed by atoms with Crippen LogP contribution < -0.4 is 10.6 Å². The molecule has 1 aromatic carbocycles. The number of aliphatic hydroxyl groups excluding tert-OH is 1. The van der Waals surface area contributed by atoms with Gasteiger partial charge in [-0.1, -0.05) is 6.07 Å². The van der Waals surface area contributed by atoms with Crippen molar-refractivity contribution in [3.8, 4) is 0 Å². The van der Waals surface area contributed by atoms with E-state index in [1.165, 1.54) is 0 Å². The number of aliphatic hydroxyl groups is 1. The summed E-state index contributed by atoms with van der Waals surface area (Å²) >= 11 is 0. The molecule has 0 aliphatic carbocycles. The van der Waals surface area contributed by atoms with E-state index in [4.69, 9.17) is 0 Å². The number of carbonyl (C=O) groups excluding carboxylic acids is 1. The Morgan fingerprint density at radius 2 is 1.76 bits per heavy atom. The molecular formula is C17H26N2O2. The maximum Gasteiger partial charge on any atom is 0.251 e. The molecule has 0 unspecified atom stereocenters. The first-order chi connectivity index (χ1) is 9.95. The molecule has 1 heterocycles. The van der Waals surface area contributed by atoms with Crippen LogP contribution in [0.3, 0.4) is 0 Å². The normalized spacial score (nSPS) is 21.6. The lowest BCUT2D eigenvalue weighted by atomic mass is 9.93. The predicted molar refractivity (Wildman–Crippen MR) is 84.7 cm³/mol. The van der Waals surface area contributed by atoms with Crippen molar-refractivity contribution in [2.45, 2.75) is 27.7 Å². The fraction of sp³-hybridized carbons (Fsp3) is 0.588. The van der Waals surface area contributed by atoms with Gasteiger partial charge in [-0.25, -0.2) is 0 Å². The molecule has 116 valence electrons. The van der Waals surface area contributed by atoms with Gasteiger partial charge in [-0.15, -0.1) is 0 Å².